The van der Waals surface area contributed by atoms with Crippen molar-refractivity contribution in [3.8, 4) is 0 Å². The van der Waals surface area contributed by atoms with Crippen molar-refractivity contribution in [1.82, 2.24) is 5.32 Å². The first-order chi connectivity index (χ1) is 10.8. The molecule has 0 bridgehead atoms. The van der Waals surface area contributed by atoms with E-state index in [4.69, 9.17) is 4.74 Å². The topological polar surface area (TPSA) is 119 Å². The van der Waals surface area contributed by atoms with Crippen LogP contribution in [0.25, 0.3) is 0 Å². The van der Waals surface area contributed by atoms with E-state index < -0.39 is 28.8 Å². The maximum Gasteiger partial charge on any atom is 0.307 e. The molecule has 126 valence electrons. The van der Waals surface area contributed by atoms with Crippen LogP contribution in [0.4, 0.5) is 5.69 Å². The van der Waals surface area contributed by atoms with Crippen LogP contribution in [0.5, 0.6) is 0 Å². The van der Waals surface area contributed by atoms with Crippen LogP contribution in [-0.4, -0.2) is 47.1 Å². The monoisotopic (exact) mass is 324 g/mol. The van der Waals surface area contributed by atoms with Crippen molar-refractivity contribution in [2.45, 2.75) is 32.4 Å². The SMILES string of the molecule is CCOC(=O)CC(NCC(C)O)C(=O)c1cccc([N+](=O)[O-])c1. The number of Topliss-reactive ketones (excluding diaryl/α,β-unsaturated/α-hetero) is 1. The fourth-order valence-corrected chi connectivity index (χ4v) is 1.93. The van der Waals surface area contributed by atoms with Crippen molar-refractivity contribution >= 4 is 17.4 Å². The van der Waals surface area contributed by atoms with E-state index in [1.54, 1.807) is 6.92 Å². The number of non-ortho nitro benzene ring substituents is 1. The van der Waals surface area contributed by atoms with Crippen LogP contribution in [-0.2, 0) is 9.53 Å². The van der Waals surface area contributed by atoms with E-state index in [0.29, 0.717) is 0 Å². The second-order valence-corrected chi connectivity index (χ2v) is 4.99. The highest BCUT2D eigenvalue weighted by Crippen LogP contribution is 2.15. The van der Waals surface area contributed by atoms with Gasteiger partial charge in [-0.1, -0.05) is 12.1 Å². The maximum atomic E-state index is 12.5. The molecule has 2 unspecified atom stereocenters. The summed E-state index contributed by atoms with van der Waals surface area (Å²) in [4.78, 5) is 34.3. The lowest BCUT2D eigenvalue weighted by atomic mass is 10.0. The average molecular weight is 324 g/mol. The number of aliphatic hydroxyl groups is 1. The molecule has 0 saturated heterocycles. The van der Waals surface area contributed by atoms with Crippen LogP contribution in [0.15, 0.2) is 24.3 Å². The number of nitrogens with zero attached hydrogens (tertiary/aromatic N) is 1. The van der Waals surface area contributed by atoms with Gasteiger partial charge in [0, 0.05) is 24.2 Å². The molecule has 1 rings (SSSR count). The second-order valence-electron chi connectivity index (χ2n) is 4.99. The summed E-state index contributed by atoms with van der Waals surface area (Å²) in [6, 6.07) is 4.36. The van der Waals surface area contributed by atoms with E-state index in [9.17, 15) is 24.8 Å². The highest BCUT2D eigenvalue weighted by molar-refractivity contribution is 6.02. The number of rotatable bonds is 9. The van der Waals surface area contributed by atoms with E-state index in [2.05, 4.69) is 5.32 Å². The lowest BCUT2D eigenvalue weighted by Crippen LogP contribution is -2.42. The average Bonchev–Trinajstić information content (AvgIpc) is 2.51. The van der Waals surface area contributed by atoms with Gasteiger partial charge in [-0.05, 0) is 13.8 Å². The van der Waals surface area contributed by atoms with Gasteiger partial charge in [-0.25, -0.2) is 0 Å². The predicted octanol–water partition coefficient (Wildman–Crippen LogP) is 1.07. The fourth-order valence-electron chi connectivity index (χ4n) is 1.93. The van der Waals surface area contributed by atoms with Crippen LogP contribution in [0.3, 0.4) is 0 Å². The van der Waals surface area contributed by atoms with Gasteiger partial charge < -0.3 is 15.2 Å². The minimum absolute atomic E-state index is 0.102. The molecule has 0 heterocycles. The van der Waals surface area contributed by atoms with Gasteiger partial charge in [-0.2, -0.15) is 0 Å². The van der Waals surface area contributed by atoms with E-state index in [1.165, 1.54) is 25.1 Å². The Morgan fingerprint density at radius 1 is 1.43 bits per heavy atom. The highest BCUT2D eigenvalue weighted by Gasteiger charge is 2.25. The first-order valence-corrected chi connectivity index (χ1v) is 7.20. The number of nitro benzene ring substituents is 1. The van der Waals surface area contributed by atoms with Crippen LogP contribution in [0.1, 0.15) is 30.6 Å². The molecule has 2 atom stereocenters. The Kier molecular flexibility index (Phi) is 7.30. The number of carbonyl (C=O) groups is 2. The number of ether oxygens (including phenoxy) is 1. The first kappa shape index (κ1) is 18.7. The van der Waals surface area contributed by atoms with Crippen molar-refractivity contribution in [3.05, 3.63) is 39.9 Å². The molecule has 0 aromatic heterocycles. The Labute approximate surface area is 133 Å². The van der Waals surface area contributed by atoms with Crippen LogP contribution < -0.4 is 5.32 Å². The molecule has 2 N–H and O–H groups in total. The Balaban J connectivity index is 2.94. The van der Waals surface area contributed by atoms with Gasteiger partial charge in [0.25, 0.3) is 5.69 Å². The van der Waals surface area contributed by atoms with Gasteiger partial charge in [-0.3, -0.25) is 19.7 Å². The molecule has 0 fully saturated rings. The number of esters is 1. The summed E-state index contributed by atoms with van der Waals surface area (Å²) in [6.45, 7) is 3.47. The molecule has 0 aliphatic carbocycles. The first-order valence-electron chi connectivity index (χ1n) is 7.20. The largest absolute Gasteiger partial charge is 0.466 e. The van der Waals surface area contributed by atoms with Crippen LogP contribution in [0, 0.1) is 10.1 Å². The molecular formula is C15H20N2O6. The quantitative estimate of drug-likeness (QED) is 0.302. The van der Waals surface area contributed by atoms with E-state index in [0.717, 1.165) is 6.07 Å². The Morgan fingerprint density at radius 3 is 2.70 bits per heavy atom. The van der Waals surface area contributed by atoms with E-state index in [-0.39, 0.29) is 30.8 Å². The second kappa shape index (κ2) is 8.96. The lowest BCUT2D eigenvalue weighted by molar-refractivity contribution is -0.384. The number of benzene rings is 1. The summed E-state index contributed by atoms with van der Waals surface area (Å²) in [5.74, 6) is -1.03. The summed E-state index contributed by atoms with van der Waals surface area (Å²) in [5.41, 5.74) is -0.0900. The smallest absolute Gasteiger partial charge is 0.307 e. The van der Waals surface area contributed by atoms with Crippen molar-refractivity contribution in [1.29, 1.82) is 0 Å². The van der Waals surface area contributed by atoms with E-state index in [1.807, 2.05) is 0 Å². The normalized spacial score (nSPS) is 13.2. The molecule has 8 heteroatoms. The van der Waals surface area contributed by atoms with Gasteiger partial charge in [0.15, 0.2) is 5.78 Å². The summed E-state index contributed by atoms with van der Waals surface area (Å²) in [6.07, 6.45) is -0.931. The molecule has 0 aliphatic heterocycles. The van der Waals surface area contributed by atoms with Crippen molar-refractivity contribution in [2.24, 2.45) is 0 Å². The van der Waals surface area contributed by atoms with Gasteiger partial charge in [0.05, 0.1) is 30.1 Å². The molecule has 0 amide bonds. The number of nitrogens with one attached hydrogen (secondary N) is 1. The zero-order valence-electron chi connectivity index (χ0n) is 13.0. The van der Waals surface area contributed by atoms with Gasteiger partial charge in [-0.15, -0.1) is 0 Å². The number of aliphatic hydroxyl groups excluding tert-OH is 1. The Bertz CT molecular complexity index is 573. The fraction of sp³-hybridized carbons (Fsp3) is 0.467. The maximum absolute atomic E-state index is 12.5. The van der Waals surface area contributed by atoms with Gasteiger partial charge in [0.2, 0.25) is 0 Å². The third-order valence-electron chi connectivity index (χ3n) is 2.99. The molecule has 0 aliphatic rings. The summed E-state index contributed by atoms with van der Waals surface area (Å²) in [7, 11) is 0. The minimum atomic E-state index is -0.925. The minimum Gasteiger partial charge on any atom is -0.466 e. The zero-order valence-corrected chi connectivity index (χ0v) is 13.0. The number of carbonyl (C=O) groups excluding carboxylic acids is 2. The molecule has 1 aromatic carbocycles. The van der Waals surface area contributed by atoms with Crippen LogP contribution in [0.2, 0.25) is 0 Å². The molecule has 8 nitrogen and oxygen atoms in total. The Hall–Kier alpha value is -2.32. The molecule has 23 heavy (non-hydrogen) atoms. The zero-order chi connectivity index (χ0) is 17.4. The molecule has 0 saturated carbocycles. The highest BCUT2D eigenvalue weighted by atomic mass is 16.6. The van der Waals surface area contributed by atoms with Crippen LogP contribution >= 0.6 is 0 Å². The van der Waals surface area contributed by atoms with Gasteiger partial charge in [0.1, 0.15) is 0 Å². The summed E-state index contributed by atoms with van der Waals surface area (Å²) >= 11 is 0. The molecule has 0 radical (unpaired) electrons. The van der Waals surface area contributed by atoms with E-state index >= 15 is 0 Å². The van der Waals surface area contributed by atoms with Gasteiger partial charge >= 0.3 is 5.97 Å². The molecule has 1 aromatic rings. The number of nitro groups is 1. The lowest BCUT2D eigenvalue weighted by Gasteiger charge is -2.18. The third kappa shape index (κ3) is 6.13. The summed E-state index contributed by atoms with van der Waals surface area (Å²) < 4.78 is 4.83. The van der Waals surface area contributed by atoms with Crippen molar-refractivity contribution in [3.63, 3.8) is 0 Å². The number of ketones is 1. The summed E-state index contributed by atoms with van der Waals surface area (Å²) in [5, 5.41) is 22.9. The standard InChI is InChI=1S/C15H20N2O6/c1-3-23-14(19)8-13(16-9-10(2)18)15(20)11-5-4-6-12(7-11)17(21)22/h4-7,10,13,16,18H,3,8-9H2,1-2H3. The number of hydrogen-bond acceptors (Lipinski definition) is 7. The molecule has 0 spiro atoms. The van der Waals surface area contributed by atoms with Crippen molar-refractivity contribution < 1.29 is 24.4 Å². The Morgan fingerprint density at radius 2 is 2.13 bits per heavy atom. The van der Waals surface area contributed by atoms with Crippen molar-refractivity contribution in [2.75, 3.05) is 13.2 Å². The third-order valence-corrected chi connectivity index (χ3v) is 2.99. The molecular weight excluding hydrogens is 304 g/mol. The predicted molar refractivity (Wildman–Crippen MR) is 82.1 cm³/mol. The number of hydrogen-bond donors (Lipinski definition) is 2.